The predicted octanol–water partition coefficient (Wildman–Crippen LogP) is 3.58. The molecule has 3 unspecified atom stereocenters. The largest absolute Gasteiger partial charge is 0.496 e. The lowest BCUT2D eigenvalue weighted by atomic mass is 9.78. The maximum Gasteiger partial charge on any atom is 0.134 e. The number of hydrogen-bond donors (Lipinski definition) is 1. The van der Waals surface area contributed by atoms with Crippen LogP contribution in [0.3, 0.4) is 0 Å². The summed E-state index contributed by atoms with van der Waals surface area (Å²) in [6.07, 6.45) is 5.23. The molecule has 0 radical (unpaired) electrons. The van der Waals surface area contributed by atoms with Gasteiger partial charge in [-0.15, -0.1) is 11.3 Å². The molecule has 1 saturated carbocycles. The molecule has 0 saturated heterocycles. The van der Waals surface area contributed by atoms with Crippen LogP contribution < -0.4 is 10.5 Å². The molecule has 2 nitrogen and oxygen atoms in total. The summed E-state index contributed by atoms with van der Waals surface area (Å²) < 4.78 is 5.35. The molecular formula is C13H21NOS. The second-order valence-corrected chi connectivity index (χ2v) is 5.86. The Kier molecular flexibility index (Phi) is 3.87. The highest BCUT2D eigenvalue weighted by molar-refractivity contribution is 7.10. The van der Waals surface area contributed by atoms with Crippen molar-refractivity contribution in [2.24, 2.45) is 17.6 Å². The van der Waals surface area contributed by atoms with E-state index in [4.69, 9.17) is 10.5 Å². The monoisotopic (exact) mass is 239 g/mol. The smallest absolute Gasteiger partial charge is 0.134 e. The molecule has 1 aliphatic carbocycles. The fourth-order valence-corrected chi connectivity index (χ4v) is 3.70. The van der Waals surface area contributed by atoms with Gasteiger partial charge in [-0.05, 0) is 36.1 Å². The van der Waals surface area contributed by atoms with Gasteiger partial charge in [-0.25, -0.2) is 0 Å². The Morgan fingerprint density at radius 3 is 3.00 bits per heavy atom. The van der Waals surface area contributed by atoms with Crippen molar-refractivity contribution in [3.05, 3.63) is 16.3 Å². The maximum atomic E-state index is 6.38. The lowest BCUT2D eigenvalue weighted by Gasteiger charge is -2.31. The Morgan fingerprint density at radius 1 is 1.50 bits per heavy atom. The van der Waals surface area contributed by atoms with E-state index in [0.717, 1.165) is 11.7 Å². The van der Waals surface area contributed by atoms with Crippen molar-refractivity contribution in [2.75, 3.05) is 7.11 Å². The first kappa shape index (κ1) is 11.9. The lowest BCUT2D eigenvalue weighted by Crippen LogP contribution is -2.25. The zero-order valence-corrected chi connectivity index (χ0v) is 10.9. The molecule has 0 spiro atoms. The molecule has 1 fully saturated rings. The van der Waals surface area contributed by atoms with E-state index in [1.807, 2.05) is 6.07 Å². The molecule has 1 aromatic heterocycles. The number of methoxy groups -OCH3 is 1. The molecule has 1 heterocycles. The third-order valence-corrected chi connectivity index (χ3v) is 4.66. The van der Waals surface area contributed by atoms with Gasteiger partial charge in [0.2, 0.25) is 0 Å². The zero-order valence-electron chi connectivity index (χ0n) is 10.1. The molecule has 0 amide bonds. The maximum absolute atomic E-state index is 6.38. The van der Waals surface area contributed by atoms with Gasteiger partial charge < -0.3 is 10.5 Å². The fraction of sp³-hybridized carbons (Fsp3) is 0.692. The molecule has 2 rings (SSSR count). The van der Waals surface area contributed by atoms with E-state index in [1.54, 1.807) is 18.4 Å². The second-order valence-electron chi connectivity index (χ2n) is 4.91. The molecule has 3 atom stereocenters. The summed E-state index contributed by atoms with van der Waals surface area (Å²) in [5, 5.41) is 2.07. The van der Waals surface area contributed by atoms with Gasteiger partial charge in [-0.3, -0.25) is 0 Å². The van der Waals surface area contributed by atoms with Crippen LogP contribution in [0.25, 0.3) is 0 Å². The first-order chi connectivity index (χ1) is 7.72. The van der Waals surface area contributed by atoms with Gasteiger partial charge in [0, 0.05) is 6.04 Å². The third-order valence-electron chi connectivity index (χ3n) is 3.66. The van der Waals surface area contributed by atoms with Gasteiger partial charge in [0.05, 0.1) is 12.0 Å². The van der Waals surface area contributed by atoms with Crippen LogP contribution in [0.4, 0.5) is 0 Å². The highest BCUT2D eigenvalue weighted by Gasteiger charge is 2.27. The molecule has 3 heteroatoms. The van der Waals surface area contributed by atoms with Crippen LogP contribution in [0, 0.1) is 11.8 Å². The fourth-order valence-electron chi connectivity index (χ4n) is 2.74. The Hall–Kier alpha value is -0.540. The molecule has 0 aliphatic heterocycles. The van der Waals surface area contributed by atoms with E-state index in [1.165, 1.54) is 30.6 Å². The number of hydrogen-bond acceptors (Lipinski definition) is 3. The first-order valence-electron chi connectivity index (χ1n) is 6.09. The molecule has 0 bridgehead atoms. The van der Waals surface area contributed by atoms with Gasteiger partial charge in [-0.1, -0.05) is 19.8 Å². The van der Waals surface area contributed by atoms with Crippen molar-refractivity contribution < 1.29 is 4.74 Å². The topological polar surface area (TPSA) is 35.2 Å². The third kappa shape index (κ3) is 2.41. The Labute approximate surface area is 102 Å². The van der Waals surface area contributed by atoms with Gasteiger partial charge >= 0.3 is 0 Å². The summed E-state index contributed by atoms with van der Waals surface area (Å²) in [4.78, 5) is 1.22. The highest BCUT2D eigenvalue weighted by atomic mass is 32.1. The predicted molar refractivity (Wildman–Crippen MR) is 68.9 cm³/mol. The normalized spacial score (nSPS) is 27.7. The van der Waals surface area contributed by atoms with Gasteiger partial charge in [0.1, 0.15) is 5.75 Å². The van der Waals surface area contributed by atoms with Crippen LogP contribution in [0.2, 0.25) is 0 Å². The molecular weight excluding hydrogens is 218 g/mol. The van der Waals surface area contributed by atoms with Gasteiger partial charge in [-0.2, -0.15) is 0 Å². The summed E-state index contributed by atoms with van der Waals surface area (Å²) in [5.41, 5.74) is 6.38. The van der Waals surface area contributed by atoms with E-state index < -0.39 is 0 Å². The molecule has 1 aliphatic rings. The van der Waals surface area contributed by atoms with Crippen LogP contribution >= 0.6 is 11.3 Å². The summed E-state index contributed by atoms with van der Waals surface area (Å²) in [5.74, 6) is 2.43. The van der Waals surface area contributed by atoms with Crippen molar-refractivity contribution in [3.8, 4) is 5.75 Å². The highest BCUT2D eigenvalue weighted by Crippen LogP contribution is 2.40. The molecule has 1 aromatic rings. The van der Waals surface area contributed by atoms with Crippen LogP contribution in [-0.4, -0.2) is 7.11 Å². The Balaban J connectivity index is 2.09. The molecule has 0 aromatic carbocycles. The second kappa shape index (κ2) is 5.19. The van der Waals surface area contributed by atoms with Crippen molar-refractivity contribution in [1.29, 1.82) is 0 Å². The van der Waals surface area contributed by atoms with Crippen LogP contribution in [-0.2, 0) is 0 Å². The van der Waals surface area contributed by atoms with Gasteiger partial charge in [0.15, 0.2) is 0 Å². The summed E-state index contributed by atoms with van der Waals surface area (Å²) in [7, 11) is 1.72. The standard InChI is InChI=1S/C13H21NOS/c1-9-4-3-5-10(8-9)12(14)13-11(15-2)6-7-16-13/h6-7,9-10,12H,3-5,8,14H2,1-2H3. The van der Waals surface area contributed by atoms with E-state index >= 15 is 0 Å². The van der Waals surface area contributed by atoms with Crippen LogP contribution in [0.1, 0.15) is 43.5 Å². The Morgan fingerprint density at radius 2 is 2.31 bits per heavy atom. The lowest BCUT2D eigenvalue weighted by molar-refractivity contribution is 0.247. The summed E-state index contributed by atoms with van der Waals surface area (Å²) in [6.45, 7) is 2.34. The minimum absolute atomic E-state index is 0.165. The van der Waals surface area contributed by atoms with Crippen molar-refractivity contribution >= 4 is 11.3 Å². The number of rotatable bonds is 3. The zero-order chi connectivity index (χ0) is 11.5. The quantitative estimate of drug-likeness (QED) is 0.875. The van der Waals surface area contributed by atoms with Gasteiger partial charge in [0.25, 0.3) is 0 Å². The van der Waals surface area contributed by atoms with Crippen molar-refractivity contribution in [3.63, 3.8) is 0 Å². The molecule has 2 N–H and O–H groups in total. The summed E-state index contributed by atoms with van der Waals surface area (Å²) in [6, 6.07) is 2.18. The van der Waals surface area contributed by atoms with Crippen LogP contribution in [0.5, 0.6) is 5.75 Å². The average Bonchev–Trinajstić information content (AvgIpc) is 2.76. The first-order valence-corrected chi connectivity index (χ1v) is 6.97. The summed E-state index contributed by atoms with van der Waals surface area (Å²) >= 11 is 1.73. The SMILES string of the molecule is COc1ccsc1C(N)C1CCCC(C)C1. The van der Waals surface area contributed by atoms with Crippen molar-refractivity contribution in [2.45, 2.75) is 38.6 Å². The van der Waals surface area contributed by atoms with Crippen LogP contribution in [0.15, 0.2) is 11.4 Å². The minimum atomic E-state index is 0.165. The molecule has 16 heavy (non-hydrogen) atoms. The van der Waals surface area contributed by atoms with E-state index in [-0.39, 0.29) is 6.04 Å². The van der Waals surface area contributed by atoms with E-state index in [0.29, 0.717) is 5.92 Å². The number of thiophene rings is 1. The number of ether oxygens (including phenoxy) is 1. The number of nitrogens with two attached hydrogens (primary N) is 1. The molecule has 90 valence electrons. The Bertz CT molecular complexity index is 336. The minimum Gasteiger partial charge on any atom is -0.496 e. The van der Waals surface area contributed by atoms with E-state index in [9.17, 15) is 0 Å². The van der Waals surface area contributed by atoms with E-state index in [2.05, 4.69) is 12.3 Å². The average molecular weight is 239 g/mol. The van der Waals surface area contributed by atoms with Crippen molar-refractivity contribution in [1.82, 2.24) is 0 Å².